The summed E-state index contributed by atoms with van der Waals surface area (Å²) in [4.78, 5) is 6.13. The van der Waals surface area contributed by atoms with Crippen molar-refractivity contribution in [2.24, 2.45) is 0 Å². The predicted molar refractivity (Wildman–Crippen MR) is 89.1 cm³/mol. The number of aromatic nitrogens is 1. The molecule has 2 N–H and O–H groups in total. The zero-order valence-corrected chi connectivity index (χ0v) is 13.2. The van der Waals surface area contributed by atoms with Gasteiger partial charge >= 0.3 is 0 Å². The van der Waals surface area contributed by atoms with Crippen LogP contribution in [0.2, 0.25) is 0 Å². The van der Waals surface area contributed by atoms with Crippen LogP contribution in [-0.4, -0.2) is 29.2 Å². The third-order valence-electron chi connectivity index (χ3n) is 4.38. The average Bonchev–Trinajstić information content (AvgIpc) is 3.02. The van der Waals surface area contributed by atoms with Crippen LogP contribution in [0.4, 0.5) is 10.2 Å². The smallest absolute Gasteiger partial charge is 0.165 e. The van der Waals surface area contributed by atoms with E-state index in [1.165, 1.54) is 6.07 Å². The van der Waals surface area contributed by atoms with Gasteiger partial charge in [0.15, 0.2) is 11.6 Å². The first-order valence-corrected chi connectivity index (χ1v) is 8.08. The van der Waals surface area contributed by atoms with Crippen molar-refractivity contribution in [3.63, 3.8) is 0 Å². The minimum Gasteiger partial charge on any atom is -0.508 e. The molecule has 1 aliphatic heterocycles. The molecule has 23 heavy (non-hydrogen) atoms. The molecule has 0 spiro atoms. The van der Waals surface area contributed by atoms with Gasteiger partial charge in [-0.2, -0.15) is 0 Å². The zero-order valence-electron chi connectivity index (χ0n) is 13.2. The lowest BCUT2D eigenvalue weighted by atomic mass is 10.0. The molecule has 1 aromatic heterocycles. The van der Waals surface area contributed by atoms with E-state index in [0.717, 1.165) is 31.5 Å². The molecule has 1 fully saturated rings. The molecule has 0 aliphatic carbocycles. The van der Waals surface area contributed by atoms with Crippen LogP contribution in [0.5, 0.6) is 5.75 Å². The summed E-state index contributed by atoms with van der Waals surface area (Å²) in [6.45, 7) is 3.59. The topological polar surface area (TPSA) is 48.4 Å². The molecule has 0 saturated carbocycles. The molecule has 0 radical (unpaired) electrons. The van der Waals surface area contributed by atoms with Crippen LogP contribution in [-0.2, 0) is 0 Å². The van der Waals surface area contributed by atoms with Gasteiger partial charge in [0.2, 0.25) is 0 Å². The number of aromatic hydroxyl groups is 1. The first-order valence-electron chi connectivity index (χ1n) is 8.08. The number of phenolic OH excluding ortho intramolecular Hbond substituents is 1. The molecule has 5 heteroatoms. The Balaban J connectivity index is 1.67. The maximum absolute atomic E-state index is 13.9. The quantitative estimate of drug-likeness (QED) is 0.889. The first kappa shape index (κ1) is 15.7. The Morgan fingerprint density at radius 2 is 2.17 bits per heavy atom. The van der Waals surface area contributed by atoms with Gasteiger partial charge in [0.25, 0.3) is 0 Å². The number of nitrogens with one attached hydrogen (secondary N) is 1. The molecule has 3 rings (SSSR count). The Morgan fingerprint density at radius 1 is 1.35 bits per heavy atom. The molecule has 1 aliphatic rings. The SMILES string of the molecule is CCC(NC1CCN(c2ncccc2F)C1)c1ccccc1O. The Morgan fingerprint density at radius 3 is 2.91 bits per heavy atom. The van der Waals surface area contributed by atoms with E-state index in [1.54, 1.807) is 18.3 Å². The monoisotopic (exact) mass is 315 g/mol. The summed E-state index contributed by atoms with van der Waals surface area (Å²) in [7, 11) is 0. The Kier molecular flexibility index (Phi) is 4.76. The number of benzene rings is 1. The Hall–Kier alpha value is -2.14. The highest BCUT2D eigenvalue weighted by molar-refractivity contribution is 5.41. The summed E-state index contributed by atoms with van der Waals surface area (Å²) in [5.41, 5.74) is 0.914. The summed E-state index contributed by atoms with van der Waals surface area (Å²) in [6, 6.07) is 10.8. The van der Waals surface area contributed by atoms with Gasteiger partial charge in [-0.3, -0.25) is 0 Å². The highest BCUT2D eigenvalue weighted by Crippen LogP contribution is 2.28. The number of hydrogen-bond donors (Lipinski definition) is 2. The van der Waals surface area contributed by atoms with Crippen molar-refractivity contribution in [3.05, 3.63) is 54.0 Å². The molecule has 0 amide bonds. The zero-order chi connectivity index (χ0) is 16.2. The van der Waals surface area contributed by atoms with Crippen LogP contribution in [0.25, 0.3) is 0 Å². The van der Waals surface area contributed by atoms with Crippen molar-refractivity contribution in [2.45, 2.75) is 31.8 Å². The molecule has 2 atom stereocenters. The summed E-state index contributed by atoms with van der Waals surface area (Å²) in [6.07, 6.45) is 3.43. The minimum absolute atomic E-state index is 0.0923. The van der Waals surface area contributed by atoms with Gasteiger partial charge in [0.05, 0.1) is 0 Å². The fraction of sp³-hybridized carbons (Fsp3) is 0.389. The van der Waals surface area contributed by atoms with Crippen LogP contribution < -0.4 is 10.2 Å². The van der Waals surface area contributed by atoms with Crippen molar-refractivity contribution in [3.8, 4) is 5.75 Å². The van der Waals surface area contributed by atoms with Gasteiger partial charge in [0.1, 0.15) is 5.75 Å². The second kappa shape index (κ2) is 6.96. The number of phenols is 1. The lowest BCUT2D eigenvalue weighted by Gasteiger charge is -2.24. The third kappa shape index (κ3) is 3.45. The van der Waals surface area contributed by atoms with E-state index in [9.17, 15) is 9.50 Å². The van der Waals surface area contributed by atoms with Crippen LogP contribution in [0, 0.1) is 5.82 Å². The fourth-order valence-corrected chi connectivity index (χ4v) is 3.19. The van der Waals surface area contributed by atoms with E-state index in [0.29, 0.717) is 11.6 Å². The largest absolute Gasteiger partial charge is 0.508 e. The highest BCUT2D eigenvalue weighted by Gasteiger charge is 2.27. The highest BCUT2D eigenvalue weighted by atomic mass is 19.1. The number of rotatable bonds is 5. The van der Waals surface area contributed by atoms with Crippen molar-refractivity contribution < 1.29 is 9.50 Å². The summed E-state index contributed by atoms with van der Waals surface area (Å²) >= 11 is 0. The van der Waals surface area contributed by atoms with E-state index in [1.807, 2.05) is 23.1 Å². The number of para-hydroxylation sites is 1. The molecule has 122 valence electrons. The minimum atomic E-state index is -0.277. The van der Waals surface area contributed by atoms with E-state index in [-0.39, 0.29) is 17.9 Å². The molecule has 2 unspecified atom stereocenters. The number of halogens is 1. The lowest BCUT2D eigenvalue weighted by Crippen LogP contribution is -2.35. The Bertz CT molecular complexity index is 664. The number of pyridine rings is 1. The summed E-state index contributed by atoms with van der Waals surface area (Å²) in [5, 5.41) is 13.6. The molecule has 4 nitrogen and oxygen atoms in total. The van der Waals surface area contributed by atoms with E-state index in [4.69, 9.17) is 0 Å². The van der Waals surface area contributed by atoms with Gasteiger partial charge in [0, 0.05) is 36.9 Å². The molecule has 1 aromatic carbocycles. The van der Waals surface area contributed by atoms with Crippen molar-refractivity contribution in [2.75, 3.05) is 18.0 Å². The number of hydrogen-bond acceptors (Lipinski definition) is 4. The van der Waals surface area contributed by atoms with Gasteiger partial charge < -0.3 is 15.3 Å². The first-order chi connectivity index (χ1) is 11.2. The average molecular weight is 315 g/mol. The maximum atomic E-state index is 13.9. The molecule has 1 saturated heterocycles. The van der Waals surface area contributed by atoms with Crippen molar-refractivity contribution in [1.29, 1.82) is 0 Å². The van der Waals surface area contributed by atoms with Gasteiger partial charge in [-0.15, -0.1) is 0 Å². The van der Waals surface area contributed by atoms with Gasteiger partial charge in [-0.1, -0.05) is 25.1 Å². The van der Waals surface area contributed by atoms with Crippen LogP contribution >= 0.6 is 0 Å². The van der Waals surface area contributed by atoms with Crippen LogP contribution in [0.15, 0.2) is 42.6 Å². The molecule has 0 bridgehead atoms. The normalized spacial score (nSPS) is 19.0. The lowest BCUT2D eigenvalue weighted by molar-refractivity contribution is 0.415. The summed E-state index contributed by atoms with van der Waals surface area (Å²) < 4.78 is 13.9. The molecular formula is C18H22FN3O. The van der Waals surface area contributed by atoms with Gasteiger partial charge in [-0.05, 0) is 31.0 Å². The standard InChI is InChI=1S/C18H22FN3O/c1-2-16(14-6-3-4-8-17(14)23)21-13-9-11-22(12-13)18-15(19)7-5-10-20-18/h3-8,10,13,16,21,23H,2,9,11-12H2,1H3. The van der Waals surface area contributed by atoms with Crippen LogP contribution in [0.1, 0.15) is 31.4 Å². The maximum Gasteiger partial charge on any atom is 0.165 e. The number of anilines is 1. The van der Waals surface area contributed by atoms with Gasteiger partial charge in [-0.25, -0.2) is 9.37 Å². The molecule has 2 aromatic rings. The van der Waals surface area contributed by atoms with E-state index < -0.39 is 0 Å². The summed E-state index contributed by atoms with van der Waals surface area (Å²) in [5.74, 6) is 0.464. The fourth-order valence-electron chi connectivity index (χ4n) is 3.19. The van der Waals surface area contributed by atoms with Crippen molar-refractivity contribution in [1.82, 2.24) is 10.3 Å². The van der Waals surface area contributed by atoms with E-state index >= 15 is 0 Å². The second-order valence-electron chi connectivity index (χ2n) is 5.93. The number of nitrogens with zero attached hydrogens (tertiary/aromatic N) is 2. The van der Waals surface area contributed by atoms with Crippen LogP contribution in [0.3, 0.4) is 0 Å². The van der Waals surface area contributed by atoms with Crippen molar-refractivity contribution >= 4 is 5.82 Å². The third-order valence-corrected chi connectivity index (χ3v) is 4.38. The second-order valence-corrected chi connectivity index (χ2v) is 5.93. The molecular weight excluding hydrogens is 293 g/mol. The molecule has 2 heterocycles. The Labute approximate surface area is 136 Å². The predicted octanol–water partition coefficient (Wildman–Crippen LogP) is 3.25. The van der Waals surface area contributed by atoms with E-state index in [2.05, 4.69) is 17.2 Å².